The molecule has 0 saturated carbocycles. The molecule has 0 atom stereocenters. The summed E-state index contributed by atoms with van der Waals surface area (Å²) in [5.74, 6) is -0.912. The molecular weight excluding hydrogens is 432 g/mol. The number of sulfonamides is 1. The number of carbonyl (C=O) groups is 2. The number of para-hydroxylation sites is 1. The van der Waals surface area contributed by atoms with Crippen molar-refractivity contribution in [2.75, 3.05) is 44.4 Å². The summed E-state index contributed by atoms with van der Waals surface area (Å²) in [7, 11) is -3.56. The van der Waals surface area contributed by atoms with Crippen LogP contribution in [-0.4, -0.2) is 64.1 Å². The number of esters is 1. The second-order valence-corrected chi connectivity index (χ2v) is 9.39. The van der Waals surface area contributed by atoms with E-state index in [9.17, 15) is 18.0 Å². The Morgan fingerprint density at radius 3 is 2.47 bits per heavy atom. The van der Waals surface area contributed by atoms with Crippen molar-refractivity contribution >= 4 is 33.7 Å². The molecule has 1 amide bonds. The summed E-state index contributed by atoms with van der Waals surface area (Å²) < 4.78 is 37.0. The lowest BCUT2D eigenvalue weighted by molar-refractivity contribution is -0.142. The standard InChI is InChI=1S/C23H24N2O6S/c26-22(25-12-11-19-3-1-2-4-21(19)25)17-31-23(27)10-7-18-5-8-20(9-6-18)32(28,29)24-13-15-30-16-14-24/h1-10H,11-17H2. The van der Waals surface area contributed by atoms with Crippen molar-refractivity contribution < 1.29 is 27.5 Å². The third-order valence-corrected chi connectivity index (χ3v) is 7.34. The molecule has 0 radical (unpaired) electrons. The van der Waals surface area contributed by atoms with Gasteiger partial charge in [0.1, 0.15) is 0 Å². The van der Waals surface area contributed by atoms with Crippen molar-refractivity contribution in [1.82, 2.24) is 4.31 Å². The molecule has 0 unspecified atom stereocenters. The fraction of sp³-hybridized carbons (Fsp3) is 0.304. The van der Waals surface area contributed by atoms with Gasteiger partial charge in [-0.3, -0.25) is 4.79 Å². The molecule has 2 aliphatic heterocycles. The normalized spacial score (nSPS) is 16.8. The van der Waals surface area contributed by atoms with Crippen LogP contribution >= 0.6 is 0 Å². The van der Waals surface area contributed by atoms with Gasteiger partial charge in [-0.15, -0.1) is 0 Å². The average molecular weight is 457 g/mol. The summed E-state index contributed by atoms with van der Waals surface area (Å²) in [6.07, 6.45) is 3.52. The molecule has 0 aromatic heterocycles. The predicted octanol–water partition coefficient (Wildman–Crippen LogP) is 1.85. The fourth-order valence-corrected chi connectivity index (χ4v) is 5.12. The summed E-state index contributed by atoms with van der Waals surface area (Å²) in [6, 6.07) is 13.9. The van der Waals surface area contributed by atoms with Crippen LogP contribution in [0.3, 0.4) is 0 Å². The van der Waals surface area contributed by atoms with Crippen molar-refractivity contribution in [3.8, 4) is 0 Å². The Kier molecular flexibility index (Phi) is 6.69. The third kappa shape index (κ3) is 4.90. The first kappa shape index (κ1) is 22.2. The minimum atomic E-state index is -3.56. The van der Waals surface area contributed by atoms with Crippen LogP contribution in [0.1, 0.15) is 11.1 Å². The quantitative estimate of drug-likeness (QED) is 0.487. The Morgan fingerprint density at radius 1 is 1.00 bits per heavy atom. The van der Waals surface area contributed by atoms with Crippen LogP contribution in [0.25, 0.3) is 6.08 Å². The van der Waals surface area contributed by atoms with Gasteiger partial charge in [-0.05, 0) is 41.8 Å². The molecular formula is C23H24N2O6S. The molecule has 0 N–H and O–H groups in total. The minimum Gasteiger partial charge on any atom is -0.452 e. The van der Waals surface area contributed by atoms with E-state index in [-0.39, 0.29) is 17.4 Å². The summed E-state index contributed by atoms with van der Waals surface area (Å²) >= 11 is 0. The molecule has 2 heterocycles. The molecule has 8 nitrogen and oxygen atoms in total. The highest BCUT2D eigenvalue weighted by molar-refractivity contribution is 7.89. The monoisotopic (exact) mass is 456 g/mol. The largest absolute Gasteiger partial charge is 0.452 e. The minimum absolute atomic E-state index is 0.190. The topological polar surface area (TPSA) is 93.2 Å². The van der Waals surface area contributed by atoms with Gasteiger partial charge in [0.05, 0.1) is 18.1 Å². The number of fused-ring (bicyclic) bond motifs is 1. The molecule has 2 aliphatic rings. The molecule has 2 aromatic carbocycles. The van der Waals surface area contributed by atoms with Crippen LogP contribution in [0, 0.1) is 0 Å². The molecule has 2 aromatic rings. The molecule has 0 bridgehead atoms. The van der Waals surface area contributed by atoms with Gasteiger partial charge in [0, 0.05) is 31.4 Å². The van der Waals surface area contributed by atoms with Crippen LogP contribution in [0.4, 0.5) is 5.69 Å². The van der Waals surface area contributed by atoms with E-state index in [1.807, 2.05) is 24.3 Å². The number of carbonyl (C=O) groups excluding carboxylic acids is 2. The summed E-state index contributed by atoms with van der Waals surface area (Å²) in [6.45, 7) is 1.67. The molecule has 1 fully saturated rings. The van der Waals surface area contributed by atoms with Crippen LogP contribution in [0.15, 0.2) is 59.5 Å². The van der Waals surface area contributed by atoms with E-state index < -0.39 is 16.0 Å². The van der Waals surface area contributed by atoms with Crippen LogP contribution < -0.4 is 4.90 Å². The maximum absolute atomic E-state index is 12.6. The highest BCUT2D eigenvalue weighted by Crippen LogP contribution is 2.27. The number of amides is 1. The number of rotatable bonds is 6. The molecule has 0 spiro atoms. The first-order valence-electron chi connectivity index (χ1n) is 10.4. The fourth-order valence-electron chi connectivity index (χ4n) is 3.71. The lowest BCUT2D eigenvalue weighted by atomic mass is 10.2. The molecule has 168 valence electrons. The second kappa shape index (κ2) is 9.64. The summed E-state index contributed by atoms with van der Waals surface area (Å²) in [5, 5.41) is 0. The van der Waals surface area contributed by atoms with Gasteiger partial charge in [-0.2, -0.15) is 4.31 Å². The first-order valence-corrected chi connectivity index (χ1v) is 11.8. The van der Waals surface area contributed by atoms with E-state index in [0.29, 0.717) is 38.4 Å². The van der Waals surface area contributed by atoms with Gasteiger partial charge in [0.15, 0.2) is 6.61 Å². The van der Waals surface area contributed by atoms with E-state index in [1.165, 1.54) is 28.6 Å². The highest BCUT2D eigenvalue weighted by atomic mass is 32.2. The van der Waals surface area contributed by atoms with Gasteiger partial charge in [0.2, 0.25) is 10.0 Å². The Bertz CT molecular complexity index is 1120. The Balaban J connectivity index is 1.30. The Labute approximate surface area is 187 Å². The maximum atomic E-state index is 12.6. The molecule has 1 saturated heterocycles. The molecule has 4 rings (SSSR count). The van der Waals surface area contributed by atoms with Gasteiger partial charge in [-0.1, -0.05) is 30.3 Å². The maximum Gasteiger partial charge on any atom is 0.331 e. The average Bonchev–Trinajstić information content (AvgIpc) is 3.26. The molecule has 9 heteroatoms. The number of anilines is 1. The van der Waals surface area contributed by atoms with Crippen molar-refractivity contribution in [2.45, 2.75) is 11.3 Å². The zero-order valence-corrected chi connectivity index (χ0v) is 18.3. The van der Waals surface area contributed by atoms with Crippen molar-refractivity contribution in [3.05, 3.63) is 65.7 Å². The van der Waals surface area contributed by atoms with E-state index in [4.69, 9.17) is 9.47 Å². The highest BCUT2D eigenvalue weighted by Gasteiger charge is 2.26. The second-order valence-electron chi connectivity index (χ2n) is 7.45. The predicted molar refractivity (Wildman–Crippen MR) is 119 cm³/mol. The van der Waals surface area contributed by atoms with E-state index in [0.717, 1.165) is 17.7 Å². The van der Waals surface area contributed by atoms with Gasteiger partial charge in [-0.25, -0.2) is 13.2 Å². The Hall–Kier alpha value is -3.01. The number of nitrogens with zero attached hydrogens (tertiary/aromatic N) is 2. The number of hydrogen-bond acceptors (Lipinski definition) is 6. The van der Waals surface area contributed by atoms with Gasteiger partial charge < -0.3 is 14.4 Å². The first-order chi connectivity index (χ1) is 15.4. The zero-order valence-electron chi connectivity index (χ0n) is 17.5. The van der Waals surface area contributed by atoms with Crippen LogP contribution in [0.5, 0.6) is 0 Å². The number of hydrogen-bond donors (Lipinski definition) is 0. The Morgan fingerprint density at radius 2 is 1.72 bits per heavy atom. The SMILES string of the molecule is O=C(C=Cc1ccc(S(=O)(=O)N2CCOCC2)cc1)OCC(=O)N1CCc2ccccc21. The van der Waals surface area contributed by atoms with Gasteiger partial charge >= 0.3 is 5.97 Å². The number of morpholine rings is 1. The van der Waals surface area contributed by atoms with E-state index in [2.05, 4.69) is 0 Å². The summed E-state index contributed by atoms with van der Waals surface area (Å²) in [5.41, 5.74) is 2.60. The van der Waals surface area contributed by atoms with Crippen molar-refractivity contribution in [2.24, 2.45) is 0 Å². The van der Waals surface area contributed by atoms with Crippen LogP contribution in [0.2, 0.25) is 0 Å². The van der Waals surface area contributed by atoms with Crippen molar-refractivity contribution in [3.63, 3.8) is 0 Å². The molecule has 32 heavy (non-hydrogen) atoms. The van der Waals surface area contributed by atoms with E-state index >= 15 is 0 Å². The lowest BCUT2D eigenvalue weighted by Gasteiger charge is -2.26. The number of benzene rings is 2. The zero-order chi connectivity index (χ0) is 22.6. The molecule has 0 aliphatic carbocycles. The third-order valence-electron chi connectivity index (χ3n) is 5.43. The summed E-state index contributed by atoms with van der Waals surface area (Å²) in [4.78, 5) is 26.2. The van der Waals surface area contributed by atoms with Crippen molar-refractivity contribution in [1.29, 1.82) is 0 Å². The smallest absolute Gasteiger partial charge is 0.331 e. The van der Waals surface area contributed by atoms with E-state index in [1.54, 1.807) is 17.0 Å². The van der Waals surface area contributed by atoms with Crippen LogP contribution in [-0.2, 0) is 35.5 Å². The lowest BCUT2D eigenvalue weighted by Crippen LogP contribution is -2.40. The van der Waals surface area contributed by atoms with Gasteiger partial charge in [0.25, 0.3) is 5.91 Å². The number of ether oxygens (including phenoxy) is 2.